The number of hydrogen-bond acceptors (Lipinski definition) is 6. The molecular formula is C18H20N4O3. The van der Waals surface area contributed by atoms with Crippen molar-refractivity contribution < 1.29 is 14.3 Å². The number of nitrogens with zero attached hydrogens (tertiary/aromatic N) is 2. The number of carbonyl (C=O) groups excluding carboxylic acids is 1. The summed E-state index contributed by atoms with van der Waals surface area (Å²) < 4.78 is 10.6. The first kappa shape index (κ1) is 16.8. The highest BCUT2D eigenvalue weighted by molar-refractivity contribution is 6.04. The largest absolute Gasteiger partial charge is 0.497 e. The smallest absolute Gasteiger partial charge is 0.357 e. The number of aromatic amines is 1. The first-order chi connectivity index (χ1) is 12.0. The Labute approximate surface area is 145 Å². The summed E-state index contributed by atoms with van der Waals surface area (Å²) in [5, 5.41) is 11.6. The van der Waals surface area contributed by atoms with Crippen LogP contribution in [0.5, 0.6) is 5.75 Å². The summed E-state index contributed by atoms with van der Waals surface area (Å²) in [6, 6.07) is 9.14. The molecule has 7 nitrogen and oxygen atoms in total. The van der Waals surface area contributed by atoms with E-state index in [0.717, 1.165) is 11.1 Å². The van der Waals surface area contributed by atoms with Crippen LogP contribution in [-0.2, 0) is 4.74 Å². The number of H-pyrrole nitrogens is 1. The van der Waals surface area contributed by atoms with Crippen molar-refractivity contribution in [2.24, 2.45) is 0 Å². The molecule has 0 saturated heterocycles. The van der Waals surface area contributed by atoms with Gasteiger partial charge < -0.3 is 14.8 Å². The first-order valence-corrected chi connectivity index (χ1v) is 7.95. The van der Waals surface area contributed by atoms with Gasteiger partial charge in [0.05, 0.1) is 13.2 Å². The number of aryl methyl sites for hydroxylation is 1. The molecule has 7 heteroatoms. The Hall–Kier alpha value is -3.09. The van der Waals surface area contributed by atoms with E-state index in [9.17, 15) is 4.79 Å². The van der Waals surface area contributed by atoms with Crippen LogP contribution in [0.25, 0.3) is 10.8 Å². The predicted molar refractivity (Wildman–Crippen MR) is 95.5 cm³/mol. The zero-order chi connectivity index (χ0) is 18.0. The van der Waals surface area contributed by atoms with Gasteiger partial charge in [-0.15, -0.1) is 0 Å². The topological polar surface area (TPSA) is 89.1 Å². The molecule has 1 aromatic carbocycles. The molecule has 25 heavy (non-hydrogen) atoms. The van der Waals surface area contributed by atoms with Gasteiger partial charge in [-0.3, -0.25) is 5.10 Å². The minimum atomic E-state index is -0.466. The summed E-state index contributed by atoms with van der Waals surface area (Å²) in [4.78, 5) is 16.9. The first-order valence-electron chi connectivity index (χ1n) is 7.95. The average Bonchev–Trinajstić information content (AvgIpc) is 2.97. The minimum Gasteiger partial charge on any atom is -0.497 e. The van der Waals surface area contributed by atoms with E-state index in [1.807, 2.05) is 25.1 Å². The highest BCUT2D eigenvalue weighted by Gasteiger charge is 2.17. The number of nitrogens with one attached hydrogen (secondary N) is 2. The van der Waals surface area contributed by atoms with Gasteiger partial charge in [0, 0.05) is 17.1 Å². The second-order valence-corrected chi connectivity index (χ2v) is 5.96. The molecule has 0 aliphatic rings. The average molecular weight is 340 g/mol. The SMILES string of the molecule is COc1ccc2c(C(=O)OC(C)C)nc(Nc3cc(C)[nH]n3)cc2c1. The summed E-state index contributed by atoms with van der Waals surface area (Å²) in [7, 11) is 1.60. The molecule has 0 bridgehead atoms. The molecule has 2 N–H and O–H groups in total. The molecule has 0 unspecified atom stereocenters. The molecule has 2 aromatic heterocycles. The summed E-state index contributed by atoms with van der Waals surface area (Å²) in [6.07, 6.45) is -0.229. The molecule has 0 fully saturated rings. The molecule has 0 spiro atoms. The predicted octanol–water partition coefficient (Wildman–Crippen LogP) is 3.58. The van der Waals surface area contributed by atoms with Crippen molar-refractivity contribution in [2.45, 2.75) is 26.9 Å². The molecule has 0 saturated carbocycles. The lowest BCUT2D eigenvalue weighted by Gasteiger charge is -2.12. The number of anilines is 2. The number of hydrogen-bond donors (Lipinski definition) is 2. The lowest BCUT2D eigenvalue weighted by atomic mass is 10.1. The molecule has 130 valence electrons. The summed E-state index contributed by atoms with van der Waals surface area (Å²) in [5.41, 5.74) is 1.17. The van der Waals surface area contributed by atoms with E-state index >= 15 is 0 Å². The summed E-state index contributed by atoms with van der Waals surface area (Å²) in [5.74, 6) is 1.36. The number of ether oxygens (including phenoxy) is 2. The van der Waals surface area contributed by atoms with Crippen molar-refractivity contribution in [1.29, 1.82) is 0 Å². The number of carbonyl (C=O) groups is 1. The van der Waals surface area contributed by atoms with Crippen molar-refractivity contribution in [3.63, 3.8) is 0 Å². The van der Waals surface area contributed by atoms with Crippen LogP contribution in [0.3, 0.4) is 0 Å². The Morgan fingerprint density at radius 1 is 1.20 bits per heavy atom. The Bertz CT molecular complexity index is 918. The molecule has 0 radical (unpaired) electrons. The molecule has 3 rings (SSSR count). The van der Waals surface area contributed by atoms with Gasteiger partial charge >= 0.3 is 5.97 Å². The van der Waals surface area contributed by atoms with Gasteiger partial charge in [-0.05, 0) is 50.4 Å². The molecule has 2 heterocycles. The molecule has 0 atom stereocenters. The number of aromatic nitrogens is 3. The van der Waals surface area contributed by atoms with Crippen LogP contribution in [0, 0.1) is 6.92 Å². The normalized spacial score (nSPS) is 10.9. The molecule has 3 aromatic rings. The van der Waals surface area contributed by atoms with Gasteiger partial charge in [-0.25, -0.2) is 9.78 Å². The number of pyridine rings is 1. The zero-order valence-corrected chi connectivity index (χ0v) is 14.6. The van der Waals surface area contributed by atoms with Crippen molar-refractivity contribution in [3.05, 3.63) is 41.7 Å². The molecule has 0 amide bonds. The van der Waals surface area contributed by atoms with Crippen LogP contribution in [0.1, 0.15) is 30.0 Å². The summed E-state index contributed by atoms with van der Waals surface area (Å²) in [6.45, 7) is 5.51. The van der Waals surface area contributed by atoms with Crippen LogP contribution in [0.4, 0.5) is 11.6 Å². The van der Waals surface area contributed by atoms with E-state index in [1.165, 1.54) is 0 Å². The lowest BCUT2D eigenvalue weighted by molar-refractivity contribution is 0.0373. The van der Waals surface area contributed by atoms with E-state index in [4.69, 9.17) is 9.47 Å². The standard InChI is InChI=1S/C18H20N4O3/c1-10(2)25-18(23)17-14-6-5-13(24-4)8-12(14)9-15(20-17)19-16-7-11(3)21-22-16/h5-10H,1-4H3,(H2,19,20,21,22). The second kappa shape index (κ2) is 6.80. The van der Waals surface area contributed by atoms with Gasteiger partial charge in [-0.1, -0.05) is 0 Å². The van der Waals surface area contributed by atoms with Gasteiger partial charge in [0.15, 0.2) is 11.5 Å². The van der Waals surface area contributed by atoms with Gasteiger partial charge in [-0.2, -0.15) is 5.10 Å². The minimum absolute atomic E-state index is 0.229. The van der Waals surface area contributed by atoms with Gasteiger partial charge in [0.1, 0.15) is 11.6 Å². The van der Waals surface area contributed by atoms with Crippen LogP contribution in [0.2, 0.25) is 0 Å². The highest BCUT2D eigenvalue weighted by Crippen LogP contribution is 2.27. The van der Waals surface area contributed by atoms with Crippen molar-refractivity contribution in [3.8, 4) is 5.75 Å². The number of rotatable bonds is 5. The maximum absolute atomic E-state index is 12.5. The Balaban J connectivity index is 2.08. The number of esters is 1. The van der Waals surface area contributed by atoms with Crippen LogP contribution >= 0.6 is 0 Å². The third-order valence-corrected chi connectivity index (χ3v) is 3.54. The zero-order valence-electron chi connectivity index (χ0n) is 14.6. The van der Waals surface area contributed by atoms with Crippen LogP contribution < -0.4 is 10.1 Å². The lowest BCUT2D eigenvalue weighted by Crippen LogP contribution is -2.14. The van der Waals surface area contributed by atoms with Crippen molar-refractivity contribution in [2.75, 3.05) is 12.4 Å². The van der Waals surface area contributed by atoms with Crippen molar-refractivity contribution >= 4 is 28.4 Å². The number of fused-ring (bicyclic) bond motifs is 1. The van der Waals surface area contributed by atoms with Crippen molar-refractivity contribution in [1.82, 2.24) is 15.2 Å². The molecular weight excluding hydrogens is 320 g/mol. The molecule has 0 aliphatic heterocycles. The fourth-order valence-corrected chi connectivity index (χ4v) is 2.47. The monoisotopic (exact) mass is 340 g/mol. The van der Waals surface area contributed by atoms with E-state index in [-0.39, 0.29) is 11.8 Å². The Kier molecular flexibility index (Phi) is 4.56. The Morgan fingerprint density at radius 2 is 2.00 bits per heavy atom. The maximum Gasteiger partial charge on any atom is 0.357 e. The van der Waals surface area contributed by atoms with Crippen LogP contribution in [-0.4, -0.2) is 34.4 Å². The van der Waals surface area contributed by atoms with E-state index in [0.29, 0.717) is 22.8 Å². The van der Waals surface area contributed by atoms with Gasteiger partial charge in [0.2, 0.25) is 0 Å². The summed E-state index contributed by atoms with van der Waals surface area (Å²) >= 11 is 0. The van der Waals surface area contributed by atoms with E-state index in [1.54, 1.807) is 33.1 Å². The van der Waals surface area contributed by atoms with E-state index in [2.05, 4.69) is 20.5 Å². The fraction of sp³-hybridized carbons (Fsp3) is 0.278. The highest BCUT2D eigenvalue weighted by atomic mass is 16.5. The second-order valence-electron chi connectivity index (χ2n) is 5.96. The van der Waals surface area contributed by atoms with Crippen LogP contribution in [0.15, 0.2) is 30.3 Å². The third kappa shape index (κ3) is 3.71. The third-order valence-electron chi connectivity index (χ3n) is 3.54. The van der Waals surface area contributed by atoms with Gasteiger partial charge in [0.25, 0.3) is 0 Å². The maximum atomic E-state index is 12.5. The molecule has 0 aliphatic carbocycles. The Morgan fingerprint density at radius 3 is 2.64 bits per heavy atom. The fourth-order valence-electron chi connectivity index (χ4n) is 2.47. The van der Waals surface area contributed by atoms with E-state index < -0.39 is 5.97 Å². The number of methoxy groups -OCH3 is 1. The quantitative estimate of drug-likeness (QED) is 0.690. The number of benzene rings is 1.